The molecule has 2 N–H and O–H groups in total. The maximum absolute atomic E-state index is 10.4. The molecule has 0 aromatic rings. The number of carboxylic acids is 2. The minimum atomic E-state index is -1.49. The van der Waals surface area contributed by atoms with Gasteiger partial charge in [0.05, 0.1) is 13.2 Å². The molecular weight excluding hydrogens is 260 g/mol. The van der Waals surface area contributed by atoms with Crippen molar-refractivity contribution in [1.29, 1.82) is 0 Å². The molecule has 0 saturated heterocycles. The van der Waals surface area contributed by atoms with Crippen LogP contribution in [0, 0.1) is 0 Å². The first-order valence-electron chi connectivity index (χ1n) is 5.55. The number of rotatable bonds is 9. The summed E-state index contributed by atoms with van der Waals surface area (Å²) in [5, 5.41) is 16.6. The van der Waals surface area contributed by atoms with Crippen molar-refractivity contribution in [1.82, 2.24) is 0 Å². The van der Waals surface area contributed by atoms with Crippen LogP contribution >= 0.6 is 0 Å². The van der Waals surface area contributed by atoms with Gasteiger partial charge in [-0.2, -0.15) is 0 Å². The molecule has 0 aromatic carbocycles. The molecule has 0 radical (unpaired) electrons. The van der Waals surface area contributed by atoms with Crippen LogP contribution in [0.2, 0.25) is 0 Å². The monoisotopic (exact) mass is 282 g/mol. The van der Waals surface area contributed by atoms with Crippen LogP contribution in [0.4, 0.5) is 0 Å². The zero-order chi connectivity index (χ0) is 15.3. The molecule has 0 rings (SSSR count). The molecule has 1 unspecified atom stereocenters. The number of methoxy groups -OCH3 is 2. The Kier molecular flexibility index (Phi) is 12.5. The van der Waals surface area contributed by atoms with E-state index in [-0.39, 0.29) is 6.61 Å². The molecule has 0 aliphatic carbocycles. The highest BCUT2D eigenvalue weighted by molar-refractivity contribution is 5.75. The van der Waals surface area contributed by atoms with E-state index in [4.69, 9.17) is 14.9 Å². The van der Waals surface area contributed by atoms with Crippen LogP contribution in [0.15, 0.2) is 0 Å². The second-order valence-corrected chi connectivity index (χ2v) is 3.33. The van der Waals surface area contributed by atoms with E-state index in [1.165, 1.54) is 21.1 Å². The van der Waals surface area contributed by atoms with Gasteiger partial charge >= 0.3 is 11.9 Å². The van der Waals surface area contributed by atoms with Gasteiger partial charge in [0.15, 0.2) is 0 Å². The Morgan fingerprint density at radius 2 is 1.74 bits per heavy atom. The second kappa shape index (κ2) is 11.8. The number of hydrogen-bond donors (Lipinski definition) is 2. The molecule has 0 fully saturated rings. The van der Waals surface area contributed by atoms with Crippen LogP contribution in [-0.2, 0) is 28.5 Å². The summed E-state index contributed by atoms with van der Waals surface area (Å²) in [7, 11) is 2.83. The van der Waals surface area contributed by atoms with Crippen molar-refractivity contribution in [3.63, 3.8) is 0 Å². The number of ether oxygens (including phenoxy) is 4. The standard InChI is InChI=1S/C6H12O4.C5H10O4/c1-4-10-6(2,9-3)5(7)8;1-8-2-3-9-4-5(6)7/h4H2,1-3H3,(H,7,8);2-4H2,1H3,(H,6,7). The predicted molar refractivity (Wildman–Crippen MR) is 65.0 cm³/mol. The van der Waals surface area contributed by atoms with Crippen molar-refractivity contribution in [2.75, 3.05) is 40.6 Å². The fraction of sp³-hybridized carbons (Fsp3) is 0.818. The van der Waals surface area contributed by atoms with Gasteiger partial charge in [0.1, 0.15) is 6.61 Å². The quantitative estimate of drug-likeness (QED) is 0.456. The van der Waals surface area contributed by atoms with E-state index in [0.717, 1.165) is 0 Å². The highest BCUT2D eigenvalue weighted by Gasteiger charge is 2.33. The lowest BCUT2D eigenvalue weighted by Crippen LogP contribution is -2.40. The molecule has 0 saturated carbocycles. The zero-order valence-corrected chi connectivity index (χ0v) is 11.7. The van der Waals surface area contributed by atoms with Crippen LogP contribution < -0.4 is 0 Å². The maximum Gasteiger partial charge on any atom is 0.364 e. The van der Waals surface area contributed by atoms with E-state index in [1.807, 2.05) is 0 Å². The molecule has 0 heterocycles. The highest BCUT2D eigenvalue weighted by atomic mass is 16.7. The Labute approximate surface area is 112 Å². The second-order valence-electron chi connectivity index (χ2n) is 3.33. The highest BCUT2D eigenvalue weighted by Crippen LogP contribution is 2.10. The lowest BCUT2D eigenvalue weighted by atomic mass is 10.3. The summed E-state index contributed by atoms with van der Waals surface area (Å²) >= 11 is 0. The van der Waals surface area contributed by atoms with Gasteiger partial charge in [-0.3, -0.25) is 0 Å². The molecule has 0 aromatic heterocycles. The Balaban J connectivity index is 0. The van der Waals surface area contributed by atoms with Crippen molar-refractivity contribution < 1.29 is 38.7 Å². The molecule has 1 atom stereocenters. The van der Waals surface area contributed by atoms with Gasteiger partial charge in [-0.25, -0.2) is 9.59 Å². The van der Waals surface area contributed by atoms with Crippen molar-refractivity contribution in [2.45, 2.75) is 19.6 Å². The van der Waals surface area contributed by atoms with Gasteiger partial charge in [0.25, 0.3) is 5.79 Å². The van der Waals surface area contributed by atoms with Gasteiger partial charge in [-0.15, -0.1) is 0 Å². The molecule has 0 aliphatic heterocycles. The normalized spacial score (nSPS) is 13.1. The van der Waals surface area contributed by atoms with Crippen LogP contribution in [0.25, 0.3) is 0 Å². The first kappa shape index (κ1) is 20.1. The van der Waals surface area contributed by atoms with Gasteiger partial charge in [0.2, 0.25) is 0 Å². The minimum Gasteiger partial charge on any atom is -0.480 e. The average Bonchev–Trinajstić information content (AvgIpc) is 2.35. The van der Waals surface area contributed by atoms with Gasteiger partial charge in [0, 0.05) is 27.8 Å². The Morgan fingerprint density at radius 1 is 1.16 bits per heavy atom. The minimum absolute atomic E-state index is 0.247. The molecule has 8 heteroatoms. The third-order valence-corrected chi connectivity index (χ3v) is 1.86. The summed E-state index contributed by atoms with van der Waals surface area (Å²) in [6.07, 6.45) is 0. The number of aliphatic carboxylic acids is 2. The number of hydrogen-bond acceptors (Lipinski definition) is 6. The van der Waals surface area contributed by atoms with Crippen molar-refractivity contribution in [3.8, 4) is 0 Å². The van der Waals surface area contributed by atoms with Crippen molar-refractivity contribution in [2.24, 2.45) is 0 Å². The Hall–Kier alpha value is -1.22. The first-order chi connectivity index (χ1) is 8.83. The van der Waals surface area contributed by atoms with Crippen LogP contribution in [0.3, 0.4) is 0 Å². The third kappa shape index (κ3) is 11.6. The molecular formula is C11H22O8. The number of carbonyl (C=O) groups is 2. The van der Waals surface area contributed by atoms with Gasteiger partial charge in [-0.05, 0) is 6.92 Å². The number of carboxylic acid groups (broad SMARTS) is 2. The van der Waals surface area contributed by atoms with E-state index in [9.17, 15) is 9.59 Å². The third-order valence-electron chi connectivity index (χ3n) is 1.86. The molecule has 19 heavy (non-hydrogen) atoms. The smallest absolute Gasteiger partial charge is 0.364 e. The first-order valence-corrected chi connectivity index (χ1v) is 5.55. The average molecular weight is 282 g/mol. The SMILES string of the molecule is CCOC(C)(OC)C(=O)O.COCCOCC(=O)O. The van der Waals surface area contributed by atoms with Crippen LogP contribution in [0.1, 0.15) is 13.8 Å². The van der Waals surface area contributed by atoms with Crippen molar-refractivity contribution in [3.05, 3.63) is 0 Å². The topological polar surface area (TPSA) is 112 Å². The summed E-state index contributed by atoms with van der Waals surface area (Å²) in [6, 6.07) is 0. The van der Waals surface area contributed by atoms with E-state index in [2.05, 4.69) is 14.2 Å². The van der Waals surface area contributed by atoms with Crippen LogP contribution in [0.5, 0.6) is 0 Å². The lowest BCUT2D eigenvalue weighted by molar-refractivity contribution is -0.225. The Bertz CT molecular complexity index is 255. The maximum atomic E-state index is 10.4. The van der Waals surface area contributed by atoms with E-state index in [0.29, 0.717) is 19.8 Å². The molecule has 0 spiro atoms. The molecule has 0 amide bonds. The molecule has 8 nitrogen and oxygen atoms in total. The zero-order valence-electron chi connectivity index (χ0n) is 11.7. The fourth-order valence-electron chi connectivity index (χ4n) is 0.785. The summed E-state index contributed by atoms with van der Waals surface area (Å²) in [5.74, 6) is -3.56. The largest absolute Gasteiger partial charge is 0.480 e. The van der Waals surface area contributed by atoms with Crippen molar-refractivity contribution >= 4 is 11.9 Å². The Morgan fingerprint density at radius 3 is 2.00 bits per heavy atom. The molecule has 114 valence electrons. The van der Waals surface area contributed by atoms with Gasteiger partial charge in [-0.1, -0.05) is 0 Å². The predicted octanol–water partition coefficient (Wildman–Crippen LogP) is 0.204. The van der Waals surface area contributed by atoms with E-state index < -0.39 is 17.7 Å². The van der Waals surface area contributed by atoms with E-state index >= 15 is 0 Å². The molecule has 0 aliphatic rings. The summed E-state index contributed by atoms with van der Waals surface area (Å²) in [4.78, 5) is 20.2. The molecule has 0 bridgehead atoms. The van der Waals surface area contributed by atoms with Gasteiger partial charge < -0.3 is 29.2 Å². The summed E-state index contributed by atoms with van der Waals surface area (Å²) in [6.45, 7) is 3.91. The van der Waals surface area contributed by atoms with Crippen LogP contribution in [-0.4, -0.2) is 68.6 Å². The lowest BCUT2D eigenvalue weighted by Gasteiger charge is -2.21. The summed E-state index contributed by atoms with van der Waals surface area (Å²) < 4.78 is 18.7. The van der Waals surface area contributed by atoms with E-state index in [1.54, 1.807) is 6.92 Å². The summed E-state index contributed by atoms with van der Waals surface area (Å²) in [5.41, 5.74) is 0. The fourth-order valence-corrected chi connectivity index (χ4v) is 0.785.